The molecule has 0 saturated carbocycles. The Kier molecular flexibility index (Phi) is 4.49. The summed E-state index contributed by atoms with van der Waals surface area (Å²) in [5.41, 5.74) is 3.55. The second-order valence-electron chi connectivity index (χ2n) is 7.33. The molecule has 2 bridgehead atoms. The van der Waals surface area contributed by atoms with Crippen LogP contribution in [0.5, 0.6) is 5.75 Å². The molecule has 122 valence electrons. The van der Waals surface area contributed by atoms with Crippen molar-refractivity contribution in [2.75, 3.05) is 20.7 Å². The highest BCUT2D eigenvalue weighted by Gasteiger charge is 2.51. The Balaban J connectivity index is 2.13. The molecule has 3 rings (SSSR count). The molecule has 2 nitrogen and oxygen atoms in total. The van der Waals surface area contributed by atoms with Gasteiger partial charge in [0.1, 0.15) is 5.75 Å². The maximum absolute atomic E-state index is 5.55. The first-order chi connectivity index (χ1) is 10.7. The molecule has 0 amide bonds. The summed E-state index contributed by atoms with van der Waals surface area (Å²) in [4.78, 5) is 2.63. The van der Waals surface area contributed by atoms with Gasteiger partial charge in [0, 0.05) is 11.5 Å². The highest BCUT2D eigenvalue weighted by Crippen LogP contribution is 2.53. The van der Waals surface area contributed by atoms with E-state index in [1.54, 1.807) is 18.2 Å². The van der Waals surface area contributed by atoms with Gasteiger partial charge in [-0.15, -0.1) is 0 Å². The number of nitrogens with zero attached hydrogens (tertiary/aromatic N) is 1. The summed E-state index contributed by atoms with van der Waals surface area (Å²) in [7, 11) is 4.12. The van der Waals surface area contributed by atoms with Crippen molar-refractivity contribution in [3.8, 4) is 5.75 Å². The quantitative estimate of drug-likeness (QED) is 0.799. The number of rotatable bonds is 5. The average Bonchev–Trinajstić information content (AvgIpc) is 2.53. The second kappa shape index (κ2) is 6.23. The van der Waals surface area contributed by atoms with Crippen LogP contribution < -0.4 is 4.74 Å². The van der Waals surface area contributed by atoms with Gasteiger partial charge in [0.05, 0.1) is 7.11 Å². The standard InChI is InChI=1S/C20H31NO/c1-5-7-17-19-13-15-8-9-16(22-4)14-18(15)20(17,10-6-2)11-12-21(19)3/h8-9,14,17,19H,5-7,10-13H2,1-4H3. The van der Waals surface area contributed by atoms with Crippen LogP contribution in [0.2, 0.25) is 0 Å². The van der Waals surface area contributed by atoms with Crippen LogP contribution in [0, 0.1) is 5.92 Å². The van der Waals surface area contributed by atoms with Crippen molar-refractivity contribution in [2.45, 2.75) is 63.8 Å². The van der Waals surface area contributed by atoms with Gasteiger partial charge in [0.25, 0.3) is 0 Å². The van der Waals surface area contributed by atoms with Crippen molar-refractivity contribution in [2.24, 2.45) is 5.92 Å². The lowest BCUT2D eigenvalue weighted by Gasteiger charge is -2.56. The third-order valence-corrected chi connectivity index (χ3v) is 6.23. The average molecular weight is 301 g/mol. The third-order valence-electron chi connectivity index (χ3n) is 6.23. The fourth-order valence-electron chi connectivity index (χ4n) is 5.26. The fraction of sp³-hybridized carbons (Fsp3) is 0.700. The van der Waals surface area contributed by atoms with E-state index in [0.29, 0.717) is 5.41 Å². The van der Waals surface area contributed by atoms with Gasteiger partial charge in [0.15, 0.2) is 0 Å². The number of likely N-dealkylation sites (N-methyl/N-ethyl adjacent to an activating group) is 1. The van der Waals surface area contributed by atoms with E-state index >= 15 is 0 Å². The molecule has 0 N–H and O–H groups in total. The first kappa shape index (κ1) is 15.9. The number of methoxy groups -OCH3 is 1. The molecule has 0 radical (unpaired) electrons. The van der Waals surface area contributed by atoms with Crippen molar-refractivity contribution in [3.63, 3.8) is 0 Å². The van der Waals surface area contributed by atoms with Crippen LogP contribution in [0.15, 0.2) is 18.2 Å². The Labute approximate surface area is 135 Å². The summed E-state index contributed by atoms with van der Waals surface area (Å²) in [5, 5.41) is 0. The summed E-state index contributed by atoms with van der Waals surface area (Å²) >= 11 is 0. The first-order valence-electron chi connectivity index (χ1n) is 9.04. The van der Waals surface area contributed by atoms with Crippen molar-refractivity contribution in [1.29, 1.82) is 0 Å². The molecule has 22 heavy (non-hydrogen) atoms. The minimum absolute atomic E-state index is 0.379. The van der Waals surface area contributed by atoms with Crippen LogP contribution in [0.4, 0.5) is 0 Å². The Morgan fingerprint density at radius 1 is 1.27 bits per heavy atom. The minimum Gasteiger partial charge on any atom is -0.497 e. The second-order valence-corrected chi connectivity index (χ2v) is 7.33. The summed E-state index contributed by atoms with van der Waals surface area (Å²) in [6.45, 7) is 5.93. The van der Waals surface area contributed by atoms with Crippen LogP contribution in [0.1, 0.15) is 57.1 Å². The predicted molar refractivity (Wildman–Crippen MR) is 92.7 cm³/mol. The number of hydrogen-bond donors (Lipinski definition) is 0. The van der Waals surface area contributed by atoms with Gasteiger partial charge < -0.3 is 9.64 Å². The largest absolute Gasteiger partial charge is 0.497 e. The van der Waals surface area contributed by atoms with Crippen molar-refractivity contribution in [3.05, 3.63) is 29.3 Å². The zero-order valence-electron chi connectivity index (χ0n) is 14.7. The smallest absolute Gasteiger partial charge is 0.119 e. The lowest BCUT2D eigenvalue weighted by Crippen LogP contribution is -2.58. The zero-order valence-corrected chi connectivity index (χ0v) is 14.7. The molecule has 0 spiro atoms. The lowest BCUT2D eigenvalue weighted by atomic mass is 9.54. The lowest BCUT2D eigenvalue weighted by molar-refractivity contribution is 0.0197. The highest BCUT2D eigenvalue weighted by molar-refractivity contribution is 5.45. The fourth-order valence-corrected chi connectivity index (χ4v) is 5.26. The number of likely N-dealkylation sites (tertiary alicyclic amines) is 1. The van der Waals surface area contributed by atoms with Gasteiger partial charge in [-0.2, -0.15) is 0 Å². The zero-order chi connectivity index (χ0) is 15.7. The summed E-state index contributed by atoms with van der Waals surface area (Å²) in [6, 6.07) is 7.55. The first-order valence-corrected chi connectivity index (χ1v) is 9.04. The Morgan fingerprint density at radius 2 is 2.09 bits per heavy atom. The summed E-state index contributed by atoms with van der Waals surface area (Å²) in [5.74, 6) is 1.83. The molecule has 2 heteroatoms. The van der Waals surface area contributed by atoms with E-state index in [4.69, 9.17) is 4.74 Å². The maximum Gasteiger partial charge on any atom is 0.119 e. The molecule has 1 fully saturated rings. The van der Waals surface area contributed by atoms with Gasteiger partial charge in [-0.05, 0) is 68.5 Å². The molecule has 1 aliphatic carbocycles. The summed E-state index contributed by atoms with van der Waals surface area (Å²) < 4.78 is 5.55. The maximum atomic E-state index is 5.55. The third kappa shape index (κ3) is 2.36. The van der Waals surface area contributed by atoms with Crippen LogP contribution in [0.3, 0.4) is 0 Å². The van der Waals surface area contributed by atoms with Gasteiger partial charge >= 0.3 is 0 Å². The van der Waals surface area contributed by atoms with Crippen LogP contribution in [-0.2, 0) is 11.8 Å². The summed E-state index contributed by atoms with van der Waals surface area (Å²) in [6.07, 6.45) is 7.76. The van der Waals surface area contributed by atoms with E-state index < -0.39 is 0 Å². The monoisotopic (exact) mass is 301 g/mol. The van der Waals surface area contributed by atoms with Crippen LogP contribution >= 0.6 is 0 Å². The predicted octanol–water partition coefficient (Wildman–Crippen LogP) is 4.41. The molecule has 1 saturated heterocycles. The minimum atomic E-state index is 0.379. The normalized spacial score (nSPS) is 30.9. The molecule has 3 atom stereocenters. The van der Waals surface area contributed by atoms with E-state index in [1.807, 2.05) is 0 Å². The van der Waals surface area contributed by atoms with E-state index in [-0.39, 0.29) is 0 Å². The molecule has 1 aliphatic heterocycles. The Bertz CT molecular complexity index is 526. The van der Waals surface area contributed by atoms with Gasteiger partial charge in [-0.25, -0.2) is 0 Å². The number of fused-ring (bicyclic) bond motifs is 4. The van der Waals surface area contributed by atoms with Crippen LogP contribution in [0.25, 0.3) is 0 Å². The molecule has 1 aromatic carbocycles. The number of hydrogen-bond acceptors (Lipinski definition) is 2. The Hall–Kier alpha value is -1.02. The molecule has 1 aromatic rings. The van der Waals surface area contributed by atoms with Crippen molar-refractivity contribution >= 4 is 0 Å². The van der Waals surface area contributed by atoms with E-state index in [0.717, 1.165) is 17.7 Å². The Morgan fingerprint density at radius 3 is 2.77 bits per heavy atom. The SMILES string of the molecule is CCCC1C2Cc3ccc(OC)cc3C1(CCC)CCN2C. The topological polar surface area (TPSA) is 12.5 Å². The van der Waals surface area contributed by atoms with Gasteiger partial charge in [-0.1, -0.05) is 32.8 Å². The number of ether oxygens (including phenoxy) is 1. The van der Waals surface area contributed by atoms with E-state index in [2.05, 4.69) is 44.0 Å². The van der Waals surface area contributed by atoms with E-state index in [1.165, 1.54) is 45.1 Å². The highest BCUT2D eigenvalue weighted by atomic mass is 16.5. The van der Waals surface area contributed by atoms with Crippen LogP contribution in [-0.4, -0.2) is 31.6 Å². The molecular formula is C20H31NO. The van der Waals surface area contributed by atoms with Crippen molar-refractivity contribution < 1.29 is 4.74 Å². The van der Waals surface area contributed by atoms with Crippen molar-refractivity contribution in [1.82, 2.24) is 4.90 Å². The number of piperidine rings is 1. The van der Waals surface area contributed by atoms with E-state index in [9.17, 15) is 0 Å². The molecule has 1 heterocycles. The molecule has 2 aliphatic rings. The molecule has 3 unspecified atom stereocenters. The number of benzene rings is 1. The van der Waals surface area contributed by atoms with Gasteiger partial charge in [-0.3, -0.25) is 0 Å². The van der Waals surface area contributed by atoms with Gasteiger partial charge in [0.2, 0.25) is 0 Å². The molecular weight excluding hydrogens is 270 g/mol. The molecule has 0 aromatic heterocycles.